The molecule has 0 radical (unpaired) electrons. The van der Waals surface area contributed by atoms with Crippen LogP contribution in [0.2, 0.25) is 0 Å². The van der Waals surface area contributed by atoms with Crippen LogP contribution in [0.15, 0.2) is 46.9 Å². The van der Waals surface area contributed by atoms with Gasteiger partial charge in [-0.3, -0.25) is 15.2 Å². The third-order valence-corrected chi connectivity index (χ3v) is 4.91. The van der Waals surface area contributed by atoms with Crippen LogP contribution < -0.4 is 16.6 Å². The molecule has 1 unspecified atom stereocenters. The van der Waals surface area contributed by atoms with Crippen molar-refractivity contribution in [2.24, 2.45) is 5.73 Å². The molecule has 140 valence electrons. The highest BCUT2D eigenvalue weighted by atomic mass is 32.1. The average molecular weight is 374 g/mol. The second kappa shape index (κ2) is 9.14. The van der Waals surface area contributed by atoms with Crippen LogP contribution >= 0.6 is 12.2 Å². The first kappa shape index (κ1) is 18.8. The smallest absolute Gasteiger partial charge is 0.178 e. The summed E-state index contributed by atoms with van der Waals surface area (Å²) < 4.78 is 5.87. The van der Waals surface area contributed by atoms with Gasteiger partial charge in [0, 0.05) is 32.2 Å². The molecule has 1 atom stereocenters. The lowest BCUT2D eigenvalue weighted by atomic mass is 10.1. The standard InChI is InChI=1S/C19H27N5OS/c1-15(16-5-3-2-4-6-16)24-11-9-23(10-12-24)14-18-8-7-17(25-18)13-21-22-19(20)26/h2-8,15,21H,9-14H2,1H3,(H3,20,22,26). The zero-order chi connectivity index (χ0) is 18.4. The summed E-state index contributed by atoms with van der Waals surface area (Å²) in [5, 5.41) is 0.222. The van der Waals surface area contributed by atoms with E-state index in [2.05, 4.69) is 57.9 Å². The molecule has 2 heterocycles. The Morgan fingerprint density at radius 2 is 1.81 bits per heavy atom. The molecule has 4 N–H and O–H groups in total. The van der Waals surface area contributed by atoms with Gasteiger partial charge in [-0.2, -0.15) is 0 Å². The summed E-state index contributed by atoms with van der Waals surface area (Å²) in [5.41, 5.74) is 12.4. The minimum absolute atomic E-state index is 0.222. The summed E-state index contributed by atoms with van der Waals surface area (Å²) >= 11 is 4.75. The largest absolute Gasteiger partial charge is 0.463 e. The molecule has 3 rings (SSSR count). The number of nitrogens with two attached hydrogens (primary N) is 1. The Kier molecular flexibility index (Phi) is 6.62. The van der Waals surface area contributed by atoms with Gasteiger partial charge in [0.05, 0.1) is 13.1 Å². The molecular weight excluding hydrogens is 346 g/mol. The van der Waals surface area contributed by atoms with Gasteiger partial charge in [-0.05, 0) is 36.8 Å². The maximum Gasteiger partial charge on any atom is 0.178 e. The number of hydrazine groups is 1. The SMILES string of the molecule is CC(c1ccccc1)N1CCN(Cc2ccc(CNNC(N)=S)o2)CC1. The second-order valence-corrected chi connectivity index (χ2v) is 7.05. The molecule has 1 aliphatic heterocycles. The fourth-order valence-electron chi connectivity index (χ4n) is 3.29. The predicted molar refractivity (Wildman–Crippen MR) is 107 cm³/mol. The maximum atomic E-state index is 5.87. The molecule has 7 heteroatoms. The van der Waals surface area contributed by atoms with Crippen LogP contribution in [0.5, 0.6) is 0 Å². The summed E-state index contributed by atoms with van der Waals surface area (Å²) in [6, 6.07) is 15.2. The summed E-state index contributed by atoms with van der Waals surface area (Å²) in [6.07, 6.45) is 0. The van der Waals surface area contributed by atoms with Crippen molar-refractivity contribution in [3.63, 3.8) is 0 Å². The van der Waals surface area contributed by atoms with Crippen LogP contribution in [0.1, 0.15) is 30.0 Å². The Balaban J connectivity index is 1.44. The first-order chi connectivity index (χ1) is 12.6. The second-order valence-electron chi connectivity index (χ2n) is 6.61. The number of rotatable bonds is 7. The number of furan rings is 1. The van der Waals surface area contributed by atoms with Gasteiger partial charge >= 0.3 is 0 Å². The fourth-order valence-corrected chi connectivity index (χ4v) is 3.36. The van der Waals surface area contributed by atoms with Crippen molar-refractivity contribution in [2.45, 2.75) is 26.1 Å². The van der Waals surface area contributed by atoms with Crippen molar-refractivity contribution in [3.8, 4) is 0 Å². The van der Waals surface area contributed by atoms with Gasteiger partial charge in [-0.15, -0.1) is 0 Å². The van der Waals surface area contributed by atoms with E-state index in [1.807, 2.05) is 12.1 Å². The molecule has 1 aromatic heterocycles. The fraction of sp³-hybridized carbons (Fsp3) is 0.421. The van der Waals surface area contributed by atoms with Crippen molar-refractivity contribution >= 4 is 17.3 Å². The average Bonchev–Trinajstić information content (AvgIpc) is 3.09. The molecule has 1 fully saturated rings. The Morgan fingerprint density at radius 1 is 1.12 bits per heavy atom. The van der Waals surface area contributed by atoms with E-state index in [4.69, 9.17) is 22.4 Å². The van der Waals surface area contributed by atoms with Crippen molar-refractivity contribution in [3.05, 3.63) is 59.5 Å². The van der Waals surface area contributed by atoms with E-state index in [0.29, 0.717) is 12.6 Å². The Hall–Kier alpha value is -1.93. The molecule has 0 spiro atoms. The van der Waals surface area contributed by atoms with E-state index < -0.39 is 0 Å². The van der Waals surface area contributed by atoms with Crippen molar-refractivity contribution < 1.29 is 4.42 Å². The van der Waals surface area contributed by atoms with Crippen molar-refractivity contribution in [1.29, 1.82) is 0 Å². The number of benzene rings is 1. The summed E-state index contributed by atoms with van der Waals surface area (Å²) in [4.78, 5) is 4.99. The van der Waals surface area contributed by atoms with E-state index in [1.54, 1.807) is 0 Å². The highest BCUT2D eigenvalue weighted by molar-refractivity contribution is 7.80. The van der Waals surface area contributed by atoms with Crippen molar-refractivity contribution in [2.75, 3.05) is 26.2 Å². The topological polar surface area (TPSA) is 69.7 Å². The summed E-state index contributed by atoms with van der Waals surface area (Å²) in [6.45, 7) is 7.92. The van der Waals surface area contributed by atoms with Crippen LogP contribution in [0.25, 0.3) is 0 Å². The maximum absolute atomic E-state index is 5.87. The molecule has 0 saturated carbocycles. The number of piperazine rings is 1. The molecule has 0 amide bonds. The Morgan fingerprint density at radius 3 is 2.50 bits per heavy atom. The monoisotopic (exact) mass is 373 g/mol. The Bertz CT molecular complexity index is 697. The van der Waals surface area contributed by atoms with Crippen LogP contribution in [0, 0.1) is 0 Å². The number of nitrogens with zero attached hydrogens (tertiary/aromatic N) is 2. The van der Waals surface area contributed by atoms with Crippen LogP contribution in [-0.4, -0.2) is 41.1 Å². The normalized spacial score (nSPS) is 17.1. The molecular formula is C19H27N5OS. The highest BCUT2D eigenvalue weighted by Gasteiger charge is 2.22. The van der Waals surface area contributed by atoms with Gasteiger partial charge in [-0.25, -0.2) is 5.43 Å². The van der Waals surface area contributed by atoms with Gasteiger partial charge in [0.25, 0.3) is 0 Å². The molecule has 0 bridgehead atoms. The third-order valence-electron chi connectivity index (χ3n) is 4.81. The molecule has 26 heavy (non-hydrogen) atoms. The van der Waals surface area contributed by atoms with Gasteiger partial charge in [0.2, 0.25) is 0 Å². The lowest BCUT2D eigenvalue weighted by Crippen LogP contribution is -2.46. The lowest BCUT2D eigenvalue weighted by molar-refractivity contribution is 0.0930. The molecule has 1 saturated heterocycles. The van der Waals surface area contributed by atoms with Gasteiger partial charge < -0.3 is 10.2 Å². The lowest BCUT2D eigenvalue weighted by Gasteiger charge is -2.38. The molecule has 1 aliphatic rings. The zero-order valence-corrected chi connectivity index (χ0v) is 16.0. The quantitative estimate of drug-likeness (QED) is 0.506. The van der Waals surface area contributed by atoms with Gasteiger partial charge in [0.15, 0.2) is 5.11 Å². The van der Waals surface area contributed by atoms with Gasteiger partial charge in [0.1, 0.15) is 11.5 Å². The molecule has 2 aromatic rings. The number of nitrogens with one attached hydrogen (secondary N) is 2. The van der Waals surface area contributed by atoms with E-state index >= 15 is 0 Å². The first-order valence-corrected chi connectivity index (χ1v) is 9.40. The van der Waals surface area contributed by atoms with E-state index in [0.717, 1.165) is 44.2 Å². The van der Waals surface area contributed by atoms with Crippen LogP contribution in [0.4, 0.5) is 0 Å². The Labute approximate surface area is 160 Å². The number of thiocarbonyl (C=S) groups is 1. The summed E-state index contributed by atoms with van der Waals surface area (Å²) in [5.74, 6) is 1.85. The first-order valence-electron chi connectivity index (χ1n) is 8.99. The van der Waals surface area contributed by atoms with E-state index in [-0.39, 0.29) is 5.11 Å². The minimum atomic E-state index is 0.222. The highest BCUT2D eigenvalue weighted by Crippen LogP contribution is 2.22. The molecule has 1 aromatic carbocycles. The zero-order valence-electron chi connectivity index (χ0n) is 15.1. The number of hydrogen-bond acceptors (Lipinski definition) is 5. The minimum Gasteiger partial charge on any atom is -0.463 e. The third kappa shape index (κ3) is 5.28. The summed E-state index contributed by atoms with van der Waals surface area (Å²) in [7, 11) is 0. The van der Waals surface area contributed by atoms with Gasteiger partial charge in [-0.1, -0.05) is 30.3 Å². The van der Waals surface area contributed by atoms with Crippen LogP contribution in [0.3, 0.4) is 0 Å². The van der Waals surface area contributed by atoms with Crippen LogP contribution in [-0.2, 0) is 13.1 Å². The molecule has 6 nitrogen and oxygen atoms in total. The van der Waals surface area contributed by atoms with Crippen molar-refractivity contribution in [1.82, 2.24) is 20.7 Å². The van der Waals surface area contributed by atoms with E-state index in [9.17, 15) is 0 Å². The number of hydrogen-bond donors (Lipinski definition) is 3. The van der Waals surface area contributed by atoms with E-state index in [1.165, 1.54) is 5.56 Å². The molecule has 0 aliphatic carbocycles. The predicted octanol–water partition coefficient (Wildman–Crippen LogP) is 2.00.